The van der Waals surface area contributed by atoms with Crippen LogP contribution < -0.4 is 10.2 Å². The van der Waals surface area contributed by atoms with Crippen LogP contribution in [0.1, 0.15) is 24.9 Å². The van der Waals surface area contributed by atoms with Crippen LogP contribution in [0.4, 0.5) is 11.4 Å². The Kier molecular flexibility index (Phi) is 7.14. The second-order valence-electron chi connectivity index (χ2n) is 8.03. The predicted molar refractivity (Wildman–Crippen MR) is 125 cm³/mol. The van der Waals surface area contributed by atoms with Gasteiger partial charge in [0.15, 0.2) is 0 Å². The van der Waals surface area contributed by atoms with Crippen LogP contribution in [0.3, 0.4) is 0 Å². The molecule has 1 saturated heterocycles. The summed E-state index contributed by atoms with van der Waals surface area (Å²) >= 11 is 0. The first kappa shape index (κ1) is 22.0. The van der Waals surface area contributed by atoms with Crippen LogP contribution in [-0.4, -0.2) is 65.5 Å². The van der Waals surface area contributed by atoms with Gasteiger partial charge in [-0.15, -0.1) is 0 Å². The molecule has 1 atom stereocenters. The highest BCUT2D eigenvalue weighted by atomic mass is 16.5. The summed E-state index contributed by atoms with van der Waals surface area (Å²) in [7, 11) is 2.04. The number of hydrogen-bond acceptors (Lipinski definition) is 6. The van der Waals surface area contributed by atoms with Crippen LogP contribution in [0.25, 0.3) is 5.69 Å². The number of carbonyl (C=O) groups excluding carboxylic acids is 1. The van der Waals surface area contributed by atoms with Gasteiger partial charge in [0.05, 0.1) is 18.9 Å². The molecule has 1 N–H and O–H groups in total. The summed E-state index contributed by atoms with van der Waals surface area (Å²) in [5, 5.41) is 7.16. The first-order chi connectivity index (χ1) is 15.6. The summed E-state index contributed by atoms with van der Waals surface area (Å²) in [6.07, 6.45) is 3.64. The highest BCUT2D eigenvalue weighted by Gasteiger charge is 2.14. The van der Waals surface area contributed by atoms with Crippen molar-refractivity contribution >= 4 is 17.3 Å². The van der Waals surface area contributed by atoms with Crippen LogP contribution >= 0.6 is 0 Å². The Morgan fingerprint density at radius 3 is 2.44 bits per heavy atom. The molecule has 2 heterocycles. The van der Waals surface area contributed by atoms with Gasteiger partial charge in [-0.05, 0) is 55.9 Å². The minimum atomic E-state index is 0.0182. The van der Waals surface area contributed by atoms with Crippen molar-refractivity contribution in [3.05, 3.63) is 66.7 Å². The minimum Gasteiger partial charge on any atom is -0.378 e. The number of nitrogens with zero attached hydrogens (tertiary/aromatic N) is 5. The smallest absolute Gasteiger partial charge is 0.225 e. The number of nitrogens with one attached hydrogen (secondary N) is 1. The molecule has 0 aliphatic carbocycles. The molecule has 32 heavy (non-hydrogen) atoms. The van der Waals surface area contributed by atoms with Gasteiger partial charge in [-0.2, -0.15) is 5.10 Å². The Labute approximate surface area is 188 Å². The van der Waals surface area contributed by atoms with Crippen molar-refractivity contribution in [2.24, 2.45) is 0 Å². The number of amides is 1. The van der Waals surface area contributed by atoms with Crippen LogP contribution in [0.2, 0.25) is 0 Å². The van der Waals surface area contributed by atoms with E-state index in [2.05, 4.69) is 56.4 Å². The summed E-state index contributed by atoms with van der Waals surface area (Å²) in [5.41, 5.74) is 4.15. The molecule has 1 aromatic heterocycles. The molecule has 0 radical (unpaired) electrons. The number of benzene rings is 2. The molecule has 1 aliphatic rings. The van der Waals surface area contributed by atoms with Gasteiger partial charge in [-0.3, -0.25) is 9.69 Å². The highest BCUT2D eigenvalue weighted by molar-refractivity contribution is 5.91. The van der Waals surface area contributed by atoms with Crippen molar-refractivity contribution in [1.29, 1.82) is 0 Å². The number of ether oxygens (including phenoxy) is 1. The molecule has 4 rings (SSSR count). The van der Waals surface area contributed by atoms with E-state index in [1.807, 2.05) is 31.3 Å². The zero-order valence-electron chi connectivity index (χ0n) is 18.6. The molecule has 168 valence electrons. The lowest BCUT2D eigenvalue weighted by atomic mass is 10.1. The Bertz CT molecular complexity index is 982. The average Bonchev–Trinajstić information content (AvgIpc) is 3.38. The zero-order chi connectivity index (χ0) is 22.3. The van der Waals surface area contributed by atoms with Crippen molar-refractivity contribution in [2.45, 2.75) is 19.4 Å². The third-order valence-electron chi connectivity index (χ3n) is 5.94. The Hall–Kier alpha value is -3.23. The monoisotopic (exact) mass is 434 g/mol. The fraction of sp³-hybridized carbons (Fsp3) is 0.375. The summed E-state index contributed by atoms with van der Waals surface area (Å²) in [6.45, 7) is 6.14. The van der Waals surface area contributed by atoms with Crippen molar-refractivity contribution in [3.63, 3.8) is 0 Å². The van der Waals surface area contributed by atoms with Crippen LogP contribution in [0.5, 0.6) is 0 Å². The molecule has 1 aliphatic heterocycles. The second-order valence-corrected chi connectivity index (χ2v) is 8.03. The number of aromatic nitrogens is 3. The van der Waals surface area contributed by atoms with E-state index < -0.39 is 0 Å². The molecule has 0 spiro atoms. The third-order valence-corrected chi connectivity index (χ3v) is 5.94. The molecular weight excluding hydrogens is 404 g/mol. The van der Waals surface area contributed by atoms with Crippen molar-refractivity contribution in [2.75, 3.05) is 50.1 Å². The lowest BCUT2D eigenvalue weighted by Crippen LogP contribution is -2.36. The van der Waals surface area contributed by atoms with E-state index in [9.17, 15) is 4.79 Å². The van der Waals surface area contributed by atoms with Gasteiger partial charge in [0.2, 0.25) is 5.91 Å². The summed E-state index contributed by atoms with van der Waals surface area (Å²) in [4.78, 5) is 20.9. The van der Waals surface area contributed by atoms with E-state index in [0.29, 0.717) is 13.0 Å². The van der Waals surface area contributed by atoms with Gasteiger partial charge >= 0.3 is 0 Å². The molecule has 3 aromatic rings. The van der Waals surface area contributed by atoms with E-state index in [1.54, 1.807) is 11.0 Å². The molecular formula is C24H30N6O2. The predicted octanol–water partition coefficient (Wildman–Crippen LogP) is 3.13. The Morgan fingerprint density at radius 1 is 1.09 bits per heavy atom. The Morgan fingerprint density at radius 2 is 1.78 bits per heavy atom. The maximum Gasteiger partial charge on any atom is 0.225 e. The molecule has 2 aromatic carbocycles. The fourth-order valence-corrected chi connectivity index (χ4v) is 3.77. The first-order valence-electron chi connectivity index (χ1n) is 11.0. The lowest BCUT2D eigenvalue weighted by Gasteiger charge is -2.29. The van der Waals surface area contributed by atoms with Gasteiger partial charge in [-0.25, -0.2) is 9.67 Å². The van der Waals surface area contributed by atoms with Crippen LogP contribution in [0.15, 0.2) is 61.2 Å². The second kappa shape index (κ2) is 10.4. The van der Waals surface area contributed by atoms with Gasteiger partial charge in [0.1, 0.15) is 12.7 Å². The number of rotatable bonds is 8. The molecule has 0 saturated carbocycles. The van der Waals surface area contributed by atoms with Crippen molar-refractivity contribution in [3.8, 4) is 5.69 Å². The number of anilines is 2. The maximum absolute atomic E-state index is 12.5. The molecule has 1 amide bonds. The summed E-state index contributed by atoms with van der Waals surface area (Å²) < 4.78 is 7.13. The SMILES string of the molecule is CC(c1ccc(-n2cncn2)cc1)N(C)CCC(=O)Nc1ccc(N2CCOCC2)cc1. The fourth-order valence-electron chi connectivity index (χ4n) is 3.77. The highest BCUT2D eigenvalue weighted by Crippen LogP contribution is 2.21. The topological polar surface area (TPSA) is 75.5 Å². The summed E-state index contributed by atoms with van der Waals surface area (Å²) in [6, 6.07) is 16.5. The number of carbonyl (C=O) groups is 1. The van der Waals surface area contributed by atoms with Crippen LogP contribution in [-0.2, 0) is 9.53 Å². The van der Waals surface area contributed by atoms with E-state index in [-0.39, 0.29) is 11.9 Å². The first-order valence-corrected chi connectivity index (χ1v) is 11.0. The maximum atomic E-state index is 12.5. The quantitative estimate of drug-likeness (QED) is 0.587. The third kappa shape index (κ3) is 5.52. The molecule has 8 nitrogen and oxygen atoms in total. The minimum absolute atomic E-state index is 0.0182. The normalized spacial score (nSPS) is 15.0. The van der Waals surface area contributed by atoms with Gasteiger partial charge in [0, 0.05) is 43.5 Å². The number of morpholine rings is 1. The lowest BCUT2D eigenvalue weighted by molar-refractivity contribution is -0.116. The van der Waals surface area contributed by atoms with E-state index >= 15 is 0 Å². The van der Waals surface area contributed by atoms with E-state index in [0.717, 1.165) is 43.4 Å². The summed E-state index contributed by atoms with van der Waals surface area (Å²) in [5.74, 6) is 0.0182. The Balaban J connectivity index is 1.25. The van der Waals surface area contributed by atoms with E-state index in [1.165, 1.54) is 11.9 Å². The van der Waals surface area contributed by atoms with E-state index in [4.69, 9.17) is 4.74 Å². The van der Waals surface area contributed by atoms with Crippen LogP contribution in [0, 0.1) is 0 Å². The van der Waals surface area contributed by atoms with Gasteiger partial charge < -0.3 is 15.0 Å². The molecule has 1 unspecified atom stereocenters. The van der Waals surface area contributed by atoms with Crippen molar-refractivity contribution in [1.82, 2.24) is 19.7 Å². The van der Waals surface area contributed by atoms with Gasteiger partial charge in [0.25, 0.3) is 0 Å². The average molecular weight is 435 g/mol. The standard InChI is InChI=1S/C24H30N6O2/c1-19(20-3-7-23(8-4-20)30-18-25-17-26-30)28(2)12-11-24(31)27-21-5-9-22(10-6-21)29-13-15-32-16-14-29/h3-10,17-19H,11-16H2,1-2H3,(H,27,31). The van der Waals surface area contributed by atoms with Crippen molar-refractivity contribution < 1.29 is 9.53 Å². The number of hydrogen-bond donors (Lipinski definition) is 1. The van der Waals surface area contributed by atoms with Gasteiger partial charge in [-0.1, -0.05) is 12.1 Å². The molecule has 0 bridgehead atoms. The largest absolute Gasteiger partial charge is 0.378 e. The molecule has 1 fully saturated rings. The zero-order valence-corrected chi connectivity index (χ0v) is 18.6. The molecule has 8 heteroatoms.